The van der Waals surface area contributed by atoms with E-state index in [-0.39, 0.29) is 7.24 Å². The summed E-state index contributed by atoms with van der Waals surface area (Å²) in [4.78, 5) is 6.64. The molecule has 0 aliphatic heterocycles. The monoisotopic (exact) mass is 148 g/mol. The SMILES string of the molecule is [B]c1c[nH]c2nccc(F)c12.[HH]. The van der Waals surface area contributed by atoms with Crippen molar-refractivity contribution in [3.05, 3.63) is 24.3 Å². The minimum Gasteiger partial charge on any atom is -0.347 e. The number of aromatic amines is 1. The molecular weight excluding hydrogens is 142 g/mol. The maximum Gasteiger partial charge on any atom is 0.139 e. The largest absolute Gasteiger partial charge is 0.347 e. The molecule has 0 amide bonds. The van der Waals surface area contributed by atoms with Crippen LogP contribution >= 0.6 is 0 Å². The highest BCUT2D eigenvalue weighted by Crippen LogP contribution is 2.09. The quantitative estimate of drug-likeness (QED) is 0.548. The maximum atomic E-state index is 12.9. The van der Waals surface area contributed by atoms with Gasteiger partial charge in [0.1, 0.15) is 19.3 Å². The molecule has 2 nitrogen and oxygen atoms in total. The van der Waals surface area contributed by atoms with Gasteiger partial charge in [0.05, 0.1) is 0 Å². The molecule has 1 N–H and O–H groups in total. The first-order chi connectivity index (χ1) is 5.29. The number of hydrogen-bond donors (Lipinski definition) is 1. The fourth-order valence-corrected chi connectivity index (χ4v) is 1.04. The predicted molar refractivity (Wildman–Crippen MR) is 43.6 cm³/mol. The second-order valence-electron chi connectivity index (χ2n) is 2.26. The number of rotatable bonds is 0. The lowest BCUT2D eigenvalue weighted by Crippen LogP contribution is -1.99. The molecule has 0 bridgehead atoms. The molecule has 2 rings (SSSR count). The Hall–Kier alpha value is -1.32. The van der Waals surface area contributed by atoms with E-state index in [9.17, 15) is 4.39 Å². The second kappa shape index (κ2) is 2.08. The lowest BCUT2D eigenvalue weighted by Gasteiger charge is -1.91. The van der Waals surface area contributed by atoms with Crippen LogP contribution in [0.3, 0.4) is 0 Å². The molecule has 0 saturated carbocycles. The van der Waals surface area contributed by atoms with E-state index >= 15 is 0 Å². The minimum absolute atomic E-state index is 0. The zero-order valence-corrected chi connectivity index (χ0v) is 5.63. The van der Waals surface area contributed by atoms with E-state index in [0.717, 1.165) is 0 Å². The van der Waals surface area contributed by atoms with Crippen LogP contribution in [0, 0.1) is 5.82 Å². The molecule has 11 heavy (non-hydrogen) atoms. The molecule has 0 atom stereocenters. The van der Waals surface area contributed by atoms with Crippen molar-refractivity contribution in [1.82, 2.24) is 9.97 Å². The Balaban J connectivity index is 0.000000720. The average Bonchev–Trinajstić information content (AvgIpc) is 2.34. The van der Waals surface area contributed by atoms with Gasteiger partial charge in [-0.2, -0.15) is 0 Å². The van der Waals surface area contributed by atoms with Gasteiger partial charge >= 0.3 is 0 Å². The molecule has 4 heteroatoms. The number of nitrogens with one attached hydrogen (secondary N) is 1. The van der Waals surface area contributed by atoms with E-state index in [1.165, 1.54) is 18.5 Å². The molecule has 0 aliphatic rings. The molecule has 54 valence electrons. The van der Waals surface area contributed by atoms with Gasteiger partial charge in [0.2, 0.25) is 0 Å². The third-order valence-corrected chi connectivity index (χ3v) is 1.55. The Kier molecular flexibility index (Phi) is 1.21. The summed E-state index contributed by atoms with van der Waals surface area (Å²) < 4.78 is 12.9. The molecule has 0 spiro atoms. The first-order valence-electron chi connectivity index (χ1n) is 3.16. The normalized spacial score (nSPS) is 10.6. The minimum atomic E-state index is -0.339. The van der Waals surface area contributed by atoms with Gasteiger partial charge in [0.25, 0.3) is 0 Å². The van der Waals surface area contributed by atoms with Crippen LogP contribution in [0.4, 0.5) is 4.39 Å². The van der Waals surface area contributed by atoms with Gasteiger partial charge in [-0.1, -0.05) is 5.46 Å². The van der Waals surface area contributed by atoms with Crippen molar-refractivity contribution >= 4 is 24.3 Å². The number of halogens is 1. The molecule has 0 fully saturated rings. The highest BCUT2D eigenvalue weighted by atomic mass is 19.1. The fourth-order valence-electron chi connectivity index (χ4n) is 1.04. The summed E-state index contributed by atoms with van der Waals surface area (Å²) >= 11 is 0. The van der Waals surface area contributed by atoms with Crippen LogP contribution in [0.5, 0.6) is 0 Å². The van der Waals surface area contributed by atoms with Crippen LogP contribution in [-0.2, 0) is 0 Å². The highest BCUT2D eigenvalue weighted by Gasteiger charge is 2.03. The standard InChI is InChI=1S/C7H4BFN2.H2/c8-4-3-11-7-6(4)5(9)1-2-10-7;/h1-3H,(H,10,11);1H. The molecular formula is C7H6BFN2. The molecule has 2 aromatic rings. The van der Waals surface area contributed by atoms with Crippen LogP contribution in [0.25, 0.3) is 11.0 Å². The van der Waals surface area contributed by atoms with Crippen molar-refractivity contribution in [3.8, 4) is 0 Å². The summed E-state index contributed by atoms with van der Waals surface area (Å²) in [6.45, 7) is 0. The summed E-state index contributed by atoms with van der Waals surface area (Å²) in [7, 11) is 5.47. The molecule has 0 aromatic carbocycles. The van der Waals surface area contributed by atoms with Crippen LogP contribution in [0.2, 0.25) is 0 Å². The van der Waals surface area contributed by atoms with Crippen molar-refractivity contribution in [2.45, 2.75) is 0 Å². The van der Waals surface area contributed by atoms with Crippen LogP contribution in [0.15, 0.2) is 18.5 Å². The van der Waals surface area contributed by atoms with Crippen molar-refractivity contribution in [2.75, 3.05) is 0 Å². The molecule has 2 heterocycles. The number of pyridine rings is 1. The Labute approximate surface area is 65.3 Å². The van der Waals surface area contributed by atoms with Crippen molar-refractivity contribution in [2.24, 2.45) is 0 Å². The van der Waals surface area contributed by atoms with Gasteiger partial charge in [-0.3, -0.25) is 0 Å². The first-order valence-corrected chi connectivity index (χ1v) is 3.16. The summed E-state index contributed by atoms with van der Waals surface area (Å²) in [6, 6.07) is 1.28. The number of fused-ring (bicyclic) bond motifs is 1. The van der Waals surface area contributed by atoms with Gasteiger partial charge in [0, 0.05) is 13.0 Å². The first kappa shape index (κ1) is 6.40. The van der Waals surface area contributed by atoms with E-state index < -0.39 is 0 Å². The van der Waals surface area contributed by atoms with Gasteiger partial charge in [-0.05, 0) is 12.3 Å². The number of H-pyrrole nitrogens is 1. The predicted octanol–water partition coefficient (Wildman–Crippen LogP) is 0.742. The van der Waals surface area contributed by atoms with E-state index in [2.05, 4.69) is 9.97 Å². The Bertz CT molecular complexity index is 401. The third kappa shape index (κ3) is 0.825. The van der Waals surface area contributed by atoms with Crippen molar-refractivity contribution in [3.63, 3.8) is 0 Å². The zero-order valence-electron chi connectivity index (χ0n) is 5.63. The third-order valence-electron chi connectivity index (χ3n) is 1.55. The molecule has 2 radical (unpaired) electrons. The van der Waals surface area contributed by atoms with E-state index in [1.807, 2.05) is 0 Å². The molecule has 0 saturated heterocycles. The summed E-state index contributed by atoms with van der Waals surface area (Å²) in [5.41, 5.74) is 0.883. The molecule has 0 unspecified atom stereocenters. The Morgan fingerprint density at radius 1 is 1.64 bits per heavy atom. The van der Waals surface area contributed by atoms with Crippen molar-refractivity contribution < 1.29 is 5.82 Å². The van der Waals surface area contributed by atoms with Crippen LogP contribution < -0.4 is 5.46 Å². The zero-order chi connectivity index (χ0) is 7.84. The molecule has 2 aromatic heterocycles. The number of hydrogen-bond acceptors (Lipinski definition) is 1. The maximum absolute atomic E-state index is 12.9. The van der Waals surface area contributed by atoms with Crippen molar-refractivity contribution in [1.29, 1.82) is 0 Å². The van der Waals surface area contributed by atoms with Crippen LogP contribution in [-0.4, -0.2) is 17.8 Å². The van der Waals surface area contributed by atoms with E-state index in [1.54, 1.807) is 0 Å². The van der Waals surface area contributed by atoms with Gasteiger partial charge in [-0.15, -0.1) is 0 Å². The highest BCUT2D eigenvalue weighted by molar-refractivity contribution is 6.38. The van der Waals surface area contributed by atoms with Gasteiger partial charge in [-0.25, -0.2) is 9.37 Å². The van der Waals surface area contributed by atoms with E-state index in [0.29, 0.717) is 16.5 Å². The second-order valence-corrected chi connectivity index (χ2v) is 2.26. The Morgan fingerprint density at radius 3 is 3.18 bits per heavy atom. The summed E-state index contributed by atoms with van der Waals surface area (Å²) in [5, 5.41) is 0.368. The summed E-state index contributed by atoms with van der Waals surface area (Å²) in [6.07, 6.45) is 2.92. The molecule has 0 aliphatic carbocycles. The number of nitrogens with zero attached hydrogens (tertiary/aromatic N) is 1. The fraction of sp³-hybridized carbons (Fsp3) is 0. The number of aromatic nitrogens is 2. The van der Waals surface area contributed by atoms with E-state index in [4.69, 9.17) is 7.85 Å². The average molecular weight is 148 g/mol. The summed E-state index contributed by atoms with van der Waals surface area (Å²) in [5.74, 6) is -0.339. The lowest BCUT2D eigenvalue weighted by molar-refractivity contribution is 0.639. The Morgan fingerprint density at radius 2 is 2.45 bits per heavy atom. The van der Waals surface area contributed by atoms with Crippen LogP contribution in [0.1, 0.15) is 1.43 Å². The smallest absolute Gasteiger partial charge is 0.139 e. The van der Waals surface area contributed by atoms with Gasteiger partial charge < -0.3 is 4.98 Å². The topological polar surface area (TPSA) is 28.7 Å². The lowest BCUT2D eigenvalue weighted by atomic mass is 9.97. The van der Waals surface area contributed by atoms with Gasteiger partial charge in [0.15, 0.2) is 0 Å².